The summed E-state index contributed by atoms with van der Waals surface area (Å²) in [5.74, 6) is 0.675. The van der Waals surface area contributed by atoms with Gasteiger partial charge in [0.15, 0.2) is 11.4 Å². The van der Waals surface area contributed by atoms with Gasteiger partial charge in [0.2, 0.25) is 5.71 Å². The predicted molar refractivity (Wildman–Crippen MR) is 168 cm³/mol. The summed E-state index contributed by atoms with van der Waals surface area (Å²) >= 11 is 0. The fourth-order valence-electron chi connectivity index (χ4n) is 5.96. The highest BCUT2D eigenvalue weighted by Crippen LogP contribution is 2.43. The van der Waals surface area contributed by atoms with E-state index in [2.05, 4.69) is 42.5 Å². The summed E-state index contributed by atoms with van der Waals surface area (Å²) in [5.41, 5.74) is 8.45. The molecule has 4 heterocycles. The zero-order chi connectivity index (χ0) is 27.6. The quantitative estimate of drug-likeness (QED) is 0.224. The van der Waals surface area contributed by atoms with Crippen LogP contribution in [0.5, 0.6) is 0 Å². The van der Waals surface area contributed by atoms with Crippen molar-refractivity contribution in [3.8, 4) is 33.9 Å². The highest BCUT2D eigenvalue weighted by Gasteiger charge is 2.22. The number of aromatic nitrogens is 3. The first-order valence-electron chi connectivity index (χ1n) is 13.9. The first-order valence-corrected chi connectivity index (χ1v) is 13.9. The molecule has 0 fully saturated rings. The van der Waals surface area contributed by atoms with E-state index in [4.69, 9.17) is 23.8 Å². The fourth-order valence-corrected chi connectivity index (χ4v) is 5.96. The molecule has 0 atom stereocenters. The van der Waals surface area contributed by atoms with Crippen molar-refractivity contribution in [1.29, 1.82) is 0 Å². The minimum atomic E-state index is 0.597. The monoisotopic (exact) mass is 539 g/mol. The van der Waals surface area contributed by atoms with Crippen molar-refractivity contribution < 1.29 is 8.83 Å². The lowest BCUT2D eigenvalue weighted by Crippen LogP contribution is -1.95. The van der Waals surface area contributed by atoms with Crippen molar-refractivity contribution >= 4 is 54.9 Å². The summed E-state index contributed by atoms with van der Waals surface area (Å²) < 4.78 is 12.7. The number of para-hydroxylation sites is 3. The lowest BCUT2D eigenvalue weighted by molar-refractivity contribution is 0.650. The van der Waals surface area contributed by atoms with Crippen LogP contribution >= 0.6 is 0 Å². The van der Waals surface area contributed by atoms with Crippen LogP contribution < -0.4 is 0 Å². The van der Waals surface area contributed by atoms with E-state index in [9.17, 15) is 0 Å². The van der Waals surface area contributed by atoms with E-state index >= 15 is 0 Å². The number of pyridine rings is 1. The van der Waals surface area contributed by atoms with Crippen molar-refractivity contribution in [3.63, 3.8) is 0 Å². The second-order valence-corrected chi connectivity index (χ2v) is 10.4. The summed E-state index contributed by atoms with van der Waals surface area (Å²) in [6.45, 7) is 0. The minimum absolute atomic E-state index is 0.597. The molecule has 4 aromatic heterocycles. The van der Waals surface area contributed by atoms with Crippen LogP contribution in [0.3, 0.4) is 0 Å². The van der Waals surface area contributed by atoms with Gasteiger partial charge in [-0.3, -0.25) is 0 Å². The average Bonchev–Trinajstić information content (AvgIpc) is 3.62. The summed E-state index contributed by atoms with van der Waals surface area (Å²) in [5, 5.41) is 5.09. The molecule has 0 N–H and O–H groups in total. The number of hydrogen-bond acceptors (Lipinski definition) is 5. The van der Waals surface area contributed by atoms with Gasteiger partial charge >= 0.3 is 0 Å². The van der Waals surface area contributed by atoms with Gasteiger partial charge in [-0.2, -0.15) is 0 Å². The van der Waals surface area contributed by atoms with Crippen LogP contribution in [0.2, 0.25) is 0 Å². The van der Waals surface area contributed by atoms with E-state index in [1.54, 1.807) is 0 Å². The van der Waals surface area contributed by atoms with Crippen molar-refractivity contribution in [2.75, 3.05) is 0 Å². The molecule has 9 rings (SSSR count). The SMILES string of the molecule is c1ccc(-c2nc(-c3ccc(-c4nc5oc6ccccc6c5c5c4oc4ccccc45)cc3)nc3ccccc23)cc1. The molecule has 0 saturated heterocycles. The van der Waals surface area contributed by atoms with Crippen LogP contribution in [0.15, 0.2) is 136 Å². The first-order chi connectivity index (χ1) is 20.8. The normalized spacial score (nSPS) is 11.8. The van der Waals surface area contributed by atoms with E-state index < -0.39 is 0 Å². The molecule has 0 aliphatic heterocycles. The van der Waals surface area contributed by atoms with E-state index in [0.29, 0.717) is 11.5 Å². The third kappa shape index (κ3) is 3.40. The minimum Gasteiger partial charge on any atom is -0.454 e. The molecule has 5 aromatic carbocycles. The van der Waals surface area contributed by atoms with Crippen molar-refractivity contribution in [1.82, 2.24) is 15.0 Å². The zero-order valence-electron chi connectivity index (χ0n) is 22.3. The number of hydrogen-bond donors (Lipinski definition) is 0. The van der Waals surface area contributed by atoms with Crippen molar-refractivity contribution in [2.45, 2.75) is 0 Å². The zero-order valence-corrected chi connectivity index (χ0v) is 22.3. The topological polar surface area (TPSA) is 65.0 Å². The Hall–Kier alpha value is -5.81. The Bertz CT molecular complexity index is 2460. The Balaban J connectivity index is 1.24. The molecular weight excluding hydrogens is 518 g/mol. The van der Waals surface area contributed by atoms with Crippen molar-refractivity contribution in [2.24, 2.45) is 0 Å². The highest BCUT2D eigenvalue weighted by molar-refractivity contribution is 6.26. The third-order valence-electron chi connectivity index (χ3n) is 7.92. The number of rotatable bonds is 3. The maximum absolute atomic E-state index is 6.46. The Morgan fingerprint density at radius 3 is 1.79 bits per heavy atom. The van der Waals surface area contributed by atoms with Gasteiger partial charge in [0.05, 0.1) is 16.6 Å². The maximum atomic E-state index is 6.46. The Morgan fingerprint density at radius 1 is 0.405 bits per heavy atom. The van der Waals surface area contributed by atoms with Gasteiger partial charge in [0.1, 0.15) is 16.9 Å². The van der Waals surface area contributed by atoms with Gasteiger partial charge in [-0.15, -0.1) is 0 Å². The summed E-state index contributed by atoms with van der Waals surface area (Å²) in [6.07, 6.45) is 0. The maximum Gasteiger partial charge on any atom is 0.228 e. The molecule has 9 aromatic rings. The van der Waals surface area contributed by atoms with Gasteiger partial charge in [0.25, 0.3) is 0 Å². The first kappa shape index (κ1) is 22.9. The van der Waals surface area contributed by atoms with Crippen molar-refractivity contribution in [3.05, 3.63) is 127 Å². The molecule has 5 heteroatoms. The second-order valence-electron chi connectivity index (χ2n) is 10.4. The predicted octanol–water partition coefficient (Wildman–Crippen LogP) is 9.82. The van der Waals surface area contributed by atoms with Gasteiger partial charge in [-0.25, -0.2) is 15.0 Å². The molecular formula is C37H21N3O2. The molecule has 42 heavy (non-hydrogen) atoms. The number of furan rings is 2. The van der Waals surface area contributed by atoms with E-state index in [-0.39, 0.29) is 0 Å². The second kappa shape index (κ2) is 8.85. The Morgan fingerprint density at radius 2 is 1.00 bits per heavy atom. The Kier molecular flexibility index (Phi) is 4.83. The highest BCUT2D eigenvalue weighted by atomic mass is 16.3. The van der Waals surface area contributed by atoms with Crippen LogP contribution in [-0.2, 0) is 0 Å². The molecule has 0 aliphatic rings. The molecule has 0 spiro atoms. The summed E-state index contributed by atoms with van der Waals surface area (Å²) in [6, 6.07) is 42.8. The van der Waals surface area contributed by atoms with Gasteiger partial charge in [-0.1, -0.05) is 109 Å². The standard InChI is InChI=1S/C37H21N3O2/c1-2-10-22(11-3-1)33-25-12-4-7-15-28(25)38-36(39-33)24-20-18-23(19-21-24)34-35-31(26-13-5-8-16-29(26)41-35)32-27-14-6-9-17-30(27)42-37(32)40-34/h1-21H. The third-order valence-corrected chi connectivity index (χ3v) is 7.92. The van der Waals surface area contributed by atoms with E-state index in [1.165, 1.54) is 0 Å². The molecule has 0 amide bonds. The molecule has 0 aliphatic carbocycles. The van der Waals surface area contributed by atoms with Crippen LogP contribution in [0.25, 0.3) is 88.8 Å². The molecule has 0 bridgehead atoms. The molecule has 196 valence electrons. The fraction of sp³-hybridized carbons (Fsp3) is 0. The summed E-state index contributed by atoms with van der Waals surface area (Å²) in [7, 11) is 0. The largest absolute Gasteiger partial charge is 0.454 e. The lowest BCUT2D eigenvalue weighted by Gasteiger charge is -2.10. The van der Waals surface area contributed by atoms with Crippen LogP contribution in [-0.4, -0.2) is 15.0 Å². The smallest absolute Gasteiger partial charge is 0.228 e. The van der Waals surface area contributed by atoms with Crippen LogP contribution in [0, 0.1) is 0 Å². The van der Waals surface area contributed by atoms with Gasteiger partial charge in [0, 0.05) is 38.2 Å². The Labute approximate surface area is 239 Å². The van der Waals surface area contributed by atoms with E-state index in [0.717, 1.165) is 77.3 Å². The molecule has 0 radical (unpaired) electrons. The van der Waals surface area contributed by atoms with Gasteiger partial charge in [-0.05, 0) is 18.2 Å². The molecule has 5 nitrogen and oxygen atoms in total. The number of benzene rings is 5. The van der Waals surface area contributed by atoms with E-state index in [1.807, 2.05) is 84.9 Å². The molecule has 0 unspecified atom stereocenters. The van der Waals surface area contributed by atoms with Crippen LogP contribution in [0.1, 0.15) is 0 Å². The molecule has 0 saturated carbocycles. The average molecular weight is 540 g/mol. The number of fused-ring (bicyclic) bond motifs is 8. The lowest BCUT2D eigenvalue weighted by atomic mass is 10.0. The number of nitrogens with zero attached hydrogens (tertiary/aromatic N) is 3. The van der Waals surface area contributed by atoms with Crippen LogP contribution in [0.4, 0.5) is 0 Å². The van der Waals surface area contributed by atoms with Gasteiger partial charge < -0.3 is 8.83 Å². The summed E-state index contributed by atoms with van der Waals surface area (Å²) in [4.78, 5) is 15.0.